The molecule has 0 aliphatic carbocycles. The van der Waals surface area contributed by atoms with Gasteiger partial charge >= 0.3 is 6.09 Å². The van der Waals surface area contributed by atoms with Crippen molar-refractivity contribution in [2.24, 2.45) is 0 Å². The summed E-state index contributed by atoms with van der Waals surface area (Å²) in [7, 11) is 0. The van der Waals surface area contributed by atoms with E-state index in [4.69, 9.17) is 21.4 Å². The van der Waals surface area contributed by atoms with Crippen molar-refractivity contribution in [1.29, 1.82) is 0 Å². The van der Waals surface area contributed by atoms with Crippen LogP contribution in [0.15, 0.2) is 12.4 Å². The summed E-state index contributed by atoms with van der Waals surface area (Å²) in [4.78, 5) is 35.7. The molecule has 1 aromatic heterocycles. The minimum Gasteiger partial charge on any atom is -0.465 e. The van der Waals surface area contributed by atoms with E-state index < -0.39 is 12.2 Å². The van der Waals surface area contributed by atoms with E-state index in [-0.39, 0.29) is 24.6 Å². The molecule has 2 N–H and O–H groups in total. The van der Waals surface area contributed by atoms with Gasteiger partial charge in [0.25, 0.3) is 5.91 Å². The predicted molar refractivity (Wildman–Crippen MR) is 99.0 cm³/mol. The summed E-state index contributed by atoms with van der Waals surface area (Å²) < 4.78 is 5.64. The highest BCUT2D eigenvalue weighted by molar-refractivity contribution is 6.30. The first-order valence-electron chi connectivity index (χ1n) is 9.08. The van der Waals surface area contributed by atoms with E-state index in [1.165, 1.54) is 0 Å². The maximum Gasteiger partial charge on any atom is 0.404 e. The van der Waals surface area contributed by atoms with Crippen LogP contribution in [0.4, 0.5) is 10.7 Å². The minimum absolute atomic E-state index is 0.00119. The number of rotatable bonds is 6. The number of carboxylic acid groups (broad SMARTS) is 1. The van der Waals surface area contributed by atoms with Crippen molar-refractivity contribution in [2.75, 3.05) is 31.1 Å². The average Bonchev–Trinajstić information content (AvgIpc) is 3.01. The number of carbonyl (C=O) groups excluding carboxylic acids is 1. The van der Waals surface area contributed by atoms with Crippen LogP contribution in [-0.4, -0.2) is 76.4 Å². The Morgan fingerprint density at radius 2 is 2.00 bits per heavy atom. The number of halogens is 1. The molecule has 2 amide bonds. The molecule has 0 bridgehead atoms. The van der Waals surface area contributed by atoms with Gasteiger partial charge < -0.3 is 25.0 Å². The molecule has 3 heterocycles. The fourth-order valence-corrected chi connectivity index (χ4v) is 3.65. The molecule has 27 heavy (non-hydrogen) atoms. The van der Waals surface area contributed by atoms with Gasteiger partial charge in [-0.2, -0.15) is 0 Å². The molecule has 2 fully saturated rings. The molecule has 0 saturated carbocycles. The van der Waals surface area contributed by atoms with Crippen molar-refractivity contribution < 1.29 is 19.4 Å². The van der Waals surface area contributed by atoms with Crippen molar-refractivity contribution >= 4 is 29.5 Å². The Hall–Kier alpha value is -2.13. The van der Waals surface area contributed by atoms with Gasteiger partial charge in [-0.1, -0.05) is 11.6 Å². The largest absolute Gasteiger partial charge is 0.465 e. The highest BCUT2D eigenvalue weighted by Gasteiger charge is 2.38. The second kappa shape index (κ2) is 8.71. The fraction of sp³-hybridized carbons (Fsp3) is 0.647. The summed E-state index contributed by atoms with van der Waals surface area (Å²) in [6.07, 6.45) is 3.93. The van der Waals surface area contributed by atoms with Crippen LogP contribution >= 0.6 is 11.6 Å². The van der Waals surface area contributed by atoms with Crippen LogP contribution in [0.3, 0.4) is 0 Å². The van der Waals surface area contributed by atoms with E-state index in [0.29, 0.717) is 23.9 Å². The van der Waals surface area contributed by atoms with Crippen molar-refractivity contribution in [3.63, 3.8) is 0 Å². The van der Waals surface area contributed by atoms with Gasteiger partial charge in [-0.15, -0.1) is 0 Å². The van der Waals surface area contributed by atoms with E-state index >= 15 is 0 Å². The molecule has 1 aromatic rings. The number of hydrogen-bond acceptors (Lipinski definition) is 6. The van der Waals surface area contributed by atoms with Gasteiger partial charge in [0, 0.05) is 32.1 Å². The zero-order valence-corrected chi connectivity index (χ0v) is 15.9. The van der Waals surface area contributed by atoms with Crippen molar-refractivity contribution in [1.82, 2.24) is 20.2 Å². The van der Waals surface area contributed by atoms with Crippen LogP contribution in [0.1, 0.15) is 26.2 Å². The van der Waals surface area contributed by atoms with Crippen molar-refractivity contribution in [2.45, 2.75) is 44.4 Å². The molecule has 0 spiro atoms. The molecule has 148 valence electrons. The number of aromatic nitrogens is 2. The van der Waals surface area contributed by atoms with Crippen LogP contribution in [0.5, 0.6) is 0 Å². The highest BCUT2D eigenvalue weighted by Crippen LogP contribution is 2.25. The Kier molecular flexibility index (Phi) is 6.33. The van der Waals surface area contributed by atoms with Gasteiger partial charge in [0.1, 0.15) is 6.10 Å². The lowest BCUT2D eigenvalue weighted by atomic mass is 10.0. The molecule has 3 rings (SSSR count). The lowest BCUT2D eigenvalue weighted by Gasteiger charge is -2.36. The van der Waals surface area contributed by atoms with Crippen molar-refractivity contribution in [3.05, 3.63) is 17.4 Å². The standard InChI is InChI=1S/C17H24ClN5O4/c1-11(21-17(25)26)10-27-14-4-7-23(15(14)24)13-2-5-22(6-3-13)16-19-8-12(18)9-20-16/h8-9,11,13-14,21H,2-7,10H2,1H3,(H,25,26)/t11?,14-/m1/s1. The topological polar surface area (TPSA) is 108 Å². The van der Waals surface area contributed by atoms with Crippen LogP contribution in [-0.2, 0) is 9.53 Å². The molecule has 0 aromatic carbocycles. The van der Waals surface area contributed by atoms with Gasteiger partial charge in [0.15, 0.2) is 0 Å². The number of carbonyl (C=O) groups is 2. The SMILES string of the molecule is CC(CO[C@@H]1CCN(C2CCN(c3ncc(Cl)cn3)CC2)C1=O)NC(=O)O. The number of ether oxygens (including phenoxy) is 1. The number of piperidine rings is 1. The first kappa shape index (κ1) is 19.6. The van der Waals surface area contributed by atoms with Crippen LogP contribution < -0.4 is 10.2 Å². The van der Waals surface area contributed by atoms with Crippen LogP contribution in [0.2, 0.25) is 5.02 Å². The Bertz CT molecular complexity index is 666. The third-order valence-corrected chi connectivity index (χ3v) is 5.10. The second-order valence-corrected chi connectivity index (χ2v) is 7.35. The summed E-state index contributed by atoms with van der Waals surface area (Å²) in [5.41, 5.74) is 0. The van der Waals surface area contributed by atoms with Gasteiger partial charge in [0.05, 0.1) is 30.1 Å². The van der Waals surface area contributed by atoms with Gasteiger partial charge in [-0.25, -0.2) is 14.8 Å². The first-order valence-corrected chi connectivity index (χ1v) is 9.46. The molecule has 10 heteroatoms. The number of nitrogens with zero attached hydrogens (tertiary/aromatic N) is 4. The van der Waals surface area contributed by atoms with Crippen LogP contribution in [0.25, 0.3) is 0 Å². The van der Waals surface area contributed by atoms with E-state index in [1.807, 2.05) is 4.90 Å². The number of amides is 2. The maximum absolute atomic E-state index is 12.6. The minimum atomic E-state index is -1.10. The molecule has 1 unspecified atom stereocenters. The van der Waals surface area contributed by atoms with E-state index in [9.17, 15) is 9.59 Å². The summed E-state index contributed by atoms with van der Waals surface area (Å²) in [6.45, 7) is 4.12. The second-order valence-electron chi connectivity index (χ2n) is 6.91. The summed E-state index contributed by atoms with van der Waals surface area (Å²) in [5.74, 6) is 0.658. The lowest BCUT2D eigenvalue weighted by molar-refractivity contribution is -0.139. The van der Waals surface area contributed by atoms with Gasteiger partial charge in [-0.05, 0) is 19.8 Å². The van der Waals surface area contributed by atoms with E-state index in [1.54, 1.807) is 19.3 Å². The fourth-order valence-electron chi connectivity index (χ4n) is 3.55. The number of likely N-dealkylation sites (tertiary alicyclic amines) is 1. The lowest BCUT2D eigenvalue weighted by Crippen LogP contribution is -2.47. The maximum atomic E-state index is 12.6. The normalized spacial score (nSPS) is 22.1. The zero-order chi connectivity index (χ0) is 19.4. The molecular formula is C17H24ClN5O4. The predicted octanol–water partition coefficient (Wildman–Crippen LogP) is 1.37. The summed E-state index contributed by atoms with van der Waals surface area (Å²) in [6, 6.07) is -0.170. The van der Waals surface area contributed by atoms with Crippen LogP contribution in [0, 0.1) is 0 Å². The number of anilines is 1. The summed E-state index contributed by atoms with van der Waals surface area (Å²) in [5, 5.41) is 11.5. The third-order valence-electron chi connectivity index (χ3n) is 4.90. The molecule has 0 radical (unpaired) electrons. The molecular weight excluding hydrogens is 374 g/mol. The molecule has 9 nitrogen and oxygen atoms in total. The molecule has 2 aliphatic rings. The Balaban J connectivity index is 1.47. The smallest absolute Gasteiger partial charge is 0.404 e. The monoisotopic (exact) mass is 397 g/mol. The number of nitrogens with one attached hydrogen (secondary N) is 1. The average molecular weight is 398 g/mol. The van der Waals surface area contributed by atoms with Crippen molar-refractivity contribution in [3.8, 4) is 0 Å². The zero-order valence-electron chi connectivity index (χ0n) is 15.2. The van der Waals surface area contributed by atoms with E-state index in [2.05, 4.69) is 20.2 Å². The summed E-state index contributed by atoms with van der Waals surface area (Å²) >= 11 is 5.83. The van der Waals surface area contributed by atoms with Gasteiger partial charge in [-0.3, -0.25) is 4.79 Å². The molecule has 2 saturated heterocycles. The Morgan fingerprint density at radius 1 is 1.33 bits per heavy atom. The van der Waals surface area contributed by atoms with E-state index in [0.717, 1.165) is 25.9 Å². The molecule has 2 aliphatic heterocycles. The van der Waals surface area contributed by atoms with Gasteiger partial charge in [0.2, 0.25) is 5.95 Å². The highest BCUT2D eigenvalue weighted by atomic mass is 35.5. The third kappa shape index (κ3) is 4.98. The Labute approximate surface area is 162 Å². The quantitative estimate of drug-likeness (QED) is 0.746. The number of hydrogen-bond donors (Lipinski definition) is 2. The first-order chi connectivity index (χ1) is 12.9. The Morgan fingerprint density at radius 3 is 2.63 bits per heavy atom. The molecule has 2 atom stereocenters.